The van der Waals surface area contributed by atoms with E-state index >= 15 is 0 Å². The second-order valence-corrected chi connectivity index (χ2v) is 5.32. The molecule has 0 atom stereocenters. The van der Waals surface area contributed by atoms with Crippen molar-refractivity contribution < 1.29 is 14.2 Å². The van der Waals surface area contributed by atoms with E-state index in [0.29, 0.717) is 6.54 Å². The van der Waals surface area contributed by atoms with Crippen LogP contribution < -0.4 is 14.8 Å². The van der Waals surface area contributed by atoms with Gasteiger partial charge in [0.05, 0.1) is 14.2 Å². The monoisotopic (exact) mass is 465 g/mol. The highest BCUT2D eigenvalue weighted by atomic mass is 127. The van der Waals surface area contributed by atoms with Gasteiger partial charge in [-0.3, -0.25) is 4.99 Å². The van der Waals surface area contributed by atoms with Crippen LogP contribution in [0.5, 0.6) is 11.5 Å². The predicted octanol–water partition coefficient (Wildman–Crippen LogP) is 3.15. The van der Waals surface area contributed by atoms with Crippen LogP contribution in [0, 0.1) is 0 Å². The van der Waals surface area contributed by atoms with Crippen LogP contribution in [0.15, 0.2) is 23.2 Å². The largest absolute Gasteiger partial charge is 0.497 e. The predicted molar refractivity (Wildman–Crippen MR) is 114 cm³/mol. The maximum absolute atomic E-state index is 5.47. The standard InChI is InChI=1S/C18H31N3O3.HI/c1-6-19-18(20-11-8-12-24-7-2)21(3)14-15-9-10-16(22-4)13-17(15)23-5;/h9-10,13H,6-8,11-12,14H2,1-5H3,(H,19,20);1H. The minimum Gasteiger partial charge on any atom is -0.497 e. The van der Waals surface area contributed by atoms with E-state index in [2.05, 4.69) is 22.1 Å². The number of guanidine groups is 1. The maximum atomic E-state index is 5.47. The Balaban J connectivity index is 0.00000576. The minimum atomic E-state index is 0. The molecule has 0 aliphatic heterocycles. The highest BCUT2D eigenvalue weighted by Gasteiger charge is 2.11. The Morgan fingerprint density at radius 1 is 1.20 bits per heavy atom. The fraction of sp³-hybridized carbons (Fsp3) is 0.611. The van der Waals surface area contributed by atoms with Crippen LogP contribution in [0.25, 0.3) is 0 Å². The lowest BCUT2D eigenvalue weighted by Gasteiger charge is -2.23. The minimum absolute atomic E-state index is 0. The van der Waals surface area contributed by atoms with Crippen molar-refractivity contribution in [3.05, 3.63) is 23.8 Å². The fourth-order valence-electron chi connectivity index (χ4n) is 2.28. The summed E-state index contributed by atoms with van der Waals surface area (Å²) in [5, 5.41) is 3.32. The van der Waals surface area contributed by atoms with Gasteiger partial charge < -0.3 is 24.4 Å². The van der Waals surface area contributed by atoms with Crippen LogP contribution in [0.4, 0.5) is 0 Å². The third-order valence-corrected chi connectivity index (χ3v) is 3.51. The van der Waals surface area contributed by atoms with Crippen LogP contribution in [-0.4, -0.2) is 58.4 Å². The number of rotatable bonds is 10. The molecule has 7 heteroatoms. The first kappa shape index (κ1) is 23.8. The first-order valence-corrected chi connectivity index (χ1v) is 8.44. The molecule has 0 aromatic heterocycles. The summed E-state index contributed by atoms with van der Waals surface area (Å²) < 4.78 is 16.1. The molecule has 0 bridgehead atoms. The summed E-state index contributed by atoms with van der Waals surface area (Å²) in [5.41, 5.74) is 1.08. The van der Waals surface area contributed by atoms with Crippen molar-refractivity contribution in [2.75, 3.05) is 47.6 Å². The molecule has 1 aromatic carbocycles. The number of methoxy groups -OCH3 is 2. The van der Waals surface area contributed by atoms with E-state index < -0.39 is 0 Å². The molecular formula is C18H32IN3O3. The van der Waals surface area contributed by atoms with Crippen LogP contribution in [0.2, 0.25) is 0 Å². The summed E-state index contributed by atoms with van der Waals surface area (Å²) >= 11 is 0. The molecule has 0 heterocycles. The molecule has 6 nitrogen and oxygen atoms in total. The zero-order valence-electron chi connectivity index (χ0n) is 16.0. The molecule has 1 aromatic rings. The molecule has 0 aliphatic carbocycles. The quantitative estimate of drug-likeness (QED) is 0.249. The van der Waals surface area contributed by atoms with Crippen LogP contribution >= 0.6 is 24.0 Å². The zero-order valence-corrected chi connectivity index (χ0v) is 18.3. The van der Waals surface area contributed by atoms with Gasteiger partial charge in [0.25, 0.3) is 0 Å². The van der Waals surface area contributed by atoms with Crippen molar-refractivity contribution in [3.8, 4) is 11.5 Å². The van der Waals surface area contributed by atoms with Crippen molar-refractivity contribution in [2.24, 2.45) is 4.99 Å². The molecule has 144 valence electrons. The lowest BCUT2D eigenvalue weighted by Crippen LogP contribution is -2.38. The number of ether oxygens (including phenoxy) is 3. The van der Waals surface area contributed by atoms with E-state index in [4.69, 9.17) is 14.2 Å². The van der Waals surface area contributed by atoms with Crippen LogP contribution in [-0.2, 0) is 11.3 Å². The van der Waals surface area contributed by atoms with Gasteiger partial charge in [-0.25, -0.2) is 0 Å². The topological polar surface area (TPSA) is 55.3 Å². The lowest BCUT2D eigenvalue weighted by molar-refractivity contribution is 0.146. The zero-order chi connectivity index (χ0) is 17.8. The number of hydrogen-bond acceptors (Lipinski definition) is 4. The molecule has 0 aliphatic rings. The molecule has 25 heavy (non-hydrogen) atoms. The Morgan fingerprint density at radius 2 is 1.96 bits per heavy atom. The van der Waals surface area contributed by atoms with Crippen molar-refractivity contribution in [1.29, 1.82) is 0 Å². The molecule has 0 radical (unpaired) electrons. The van der Waals surface area contributed by atoms with Gasteiger partial charge in [0, 0.05) is 51.5 Å². The van der Waals surface area contributed by atoms with Gasteiger partial charge >= 0.3 is 0 Å². The summed E-state index contributed by atoms with van der Waals surface area (Å²) in [6.45, 7) is 7.84. The molecule has 0 saturated heterocycles. The third-order valence-electron chi connectivity index (χ3n) is 3.51. The number of hydrogen-bond donors (Lipinski definition) is 1. The van der Waals surface area contributed by atoms with Crippen molar-refractivity contribution >= 4 is 29.9 Å². The summed E-state index contributed by atoms with van der Waals surface area (Å²) in [6, 6.07) is 5.86. The van der Waals surface area contributed by atoms with Crippen LogP contribution in [0.3, 0.4) is 0 Å². The lowest BCUT2D eigenvalue weighted by atomic mass is 10.2. The molecule has 1 rings (SSSR count). The van der Waals surface area contributed by atoms with Crippen LogP contribution in [0.1, 0.15) is 25.8 Å². The van der Waals surface area contributed by atoms with E-state index in [1.54, 1.807) is 14.2 Å². The second-order valence-electron chi connectivity index (χ2n) is 5.32. The molecule has 0 fully saturated rings. The fourth-order valence-corrected chi connectivity index (χ4v) is 2.28. The average Bonchev–Trinajstić information content (AvgIpc) is 2.60. The number of aliphatic imine (C=N–C) groups is 1. The Bertz CT molecular complexity index is 512. The molecule has 0 saturated carbocycles. The highest BCUT2D eigenvalue weighted by molar-refractivity contribution is 14.0. The summed E-state index contributed by atoms with van der Waals surface area (Å²) in [6.07, 6.45) is 0.919. The van der Waals surface area contributed by atoms with Gasteiger partial charge in [-0.05, 0) is 32.4 Å². The van der Waals surface area contributed by atoms with Gasteiger partial charge in [-0.2, -0.15) is 0 Å². The van der Waals surface area contributed by atoms with E-state index in [1.807, 2.05) is 32.2 Å². The normalized spacial score (nSPS) is 10.8. The van der Waals surface area contributed by atoms with Gasteiger partial charge in [-0.1, -0.05) is 0 Å². The molecule has 0 spiro atoms. The Hall–Kier alpha value is -1.22. The molecular weight excluding hydrogens is 433 g/mol. The highest BCUT2D eigenvalue weighted by Crippen LogP contribution is 2.25. The first-order chi connectivity index (χ1) is 11.7. The first-order valence-electron chi connectivity index (χ1n) is 8.44. The van der Waals surface area contributed by atoms with E-state index in [0.717, 1.165) is 55.7 Å². The number of benzene rings is 1. The number of nitrogens with one attached hydrogen (secondary N) is 1. The van der Waals surface area contributed by atoms with Crippen molar-refractivity contribution in [3.63, 3.8) is 0 Å². The van der Waals surface area contributed by atoms with Crippen molar-refractivity contribution in [2.45, 2.75) is 26.8 Å². The molecule has 0 unspecified atom stereocenters. The Labute approximate surface area is 169 Å². The number of nitrogens with zero attached hydrogens (tertiary/aromatic N) is 2. The van der Waals surface area contributed by atoms with E-state index in [-0.39, 0.29) is 24.0 Å². The van der Waals surface area contributed by atoms with Gasteiger partial charge in [-0.15, -0.1) is 24.0 Å². The van der Waals surface area contributed by atoms with Gasteiger partial charge in [0.2, 0.25) is 0 Å². The molecule has 0 amide bonds. The Morgan fingerprint density at radius 3 is 2.56 bits per heavy atom. The van der Waals surface area contributed by atoms with Gasteiger partial charge in [0.15, 0.2) is 5.96 Å². The van der Waals surface area contributed by atoms with E-state index in [9.17, 15) is 0 Å². The smallest absolute Gasteiger partial charge is 0.193 e. The summed E-state index contributed by atoms with van der Waals surface area (Å²) in [5.74, 6) is 2.48. The summed E-state index contributed by atoms with van der Waals surface area (Å²) in [7, 11) is 5.35. The number of halogens is 1. The van der Waals surface area contributed by atoms with E-state index in [1.165, 1.54) is 0 Å². The SMILES string of the molecule is CCNC(=NCCCOCC)N(C)Cc1ccc(OC)cc1OC.I. The van der Waals surface area contributed by atoms with Gasteiger partial charge in [0.1, 0.15) is 11.5 Å². The molecule has 1 N–H and O–H groups in total. The second kappa shape index (κ2) is 14.0. The average molecular weight is 465 g/mol. The third kappa shape index (κ3) is 8.62. The Kier molecular flexibility index (Phi) is 13.3. The maximum Gasteiger partial charge on any atom is 0.193 e. The summed E-state index contributed by atoms with van der Waals surface area (Å²) in [4.78, 5) is 6.75. The van der Waals surface area contributed by atoms with Crippen molar-refractivity contribution in [1.82, 2.24) is 10.2 Å².